The van der Waals surface area contributed by atoms with Crippen LogP contribution < -0.4 is 5.32 Å². The van der Waals surface area contributed by atoms with Gasteiger partial charge in [-0.1, -0.05) is 34.6 Å². The van der Waals surface area contributed by atoms with Crippen molar-refractivity contribution < 1.29 is 4.74 Å². The van der Waals surface area contributed by atoms with E-state index in [1.807, 2.05) is 6.92 Å². The quantitative estimate of drug-likeness (QED) is 0.764. The maximum Gasteiger partial charge on any atom is 0.160 e. The van der Waals surface area contributed by atoms with E-state index in [-0.39, 0.29) is 11.5 Å². The molecule has 120 valence electrons. The average molecular weight is 358 g/mol. The molecular weight excluding hydrogens is 330 g/mol. The summed E-state index contributed by atoms with van der Waals surface area (Å²) in [5, 5.41) is 3.37. The molecular formula is C16H28BrN3O. The van der Waals surface area contributed by atoms with E-state index in [9.17, 15) is 0 Å². The van der Waals surface area contributed by atoms with E-state index in [1.54, 1.807) is 0 Å². The van der Waals surface area contributed by atoms with Gasteiger partial charge in [0.25, 0.3) is 0 Å². The molecule has 5 heteroatoms. The third kappa shape index (κ3) is 4.92. The highest BCUT2D eigenvalue weighted by Gasteiger charge is 2.30. The molecule has 0 bridgehead atoms. The lowest BCUT2D eigenvalue weighted by atomic mass is 9.88. The van der Waals surface area contributed by atoms with Crippen LogP contribution in [0.2, 0.25) is 0 Å². The Kier molecular flexibility index (Phi) is 7.07. The Morgan fingerprint density at radius 1 is 1.19 bits per heavy atom. The van der Waals surface area contributed by atoms with Gasteiger partial charge in [-0.25, -0.2) is 9.97 Å². The molecule has 1 atom stereocenters. The first-order valence-corrected chi connectivity index (χ1v) is 8.56. The van der Waals surface area contributed by atoms with E-state index in [0.29, 0.717) is 6.61 Å². The van der Waals surface area contributed by atoms with Gasteiger partial charge in [0.15, 0.2) is 5.82 Å². The lowest BCUT2D eigenvalue weighted by molar-refractivity contribution is -0.0191. The van der Waals surface area contributed by atoms with Crippen molar-refractivity contribution in [3.05, 3.63) is 16.0 Å². The molecule has 0 radical (unpaired) electrons. The Morgan fingerprint density at radius 2 is 1.86 bits per heavy atom. The predicted octanol–water partition coefficient (Wildman–Crippen LogP) is 4.75. The first-order chi connectivity index (χ1) is 9.85. The molecule has 0 amide bonds. The Hall–Kier alpha value is -0.680. The highest BCUT2D eigenvalue weighted by Crippen LogP contribution is 2.36. The largest absolute Gasteiger partial charge is 0.370 e. The van der Waals surface area contributed by atoms with Crippen LogP contribution in [0.3, 0.4) is 0 Å². The molecule has 1 heterocycles. The minimum Gasteiger partial charge on any atom is -0.370 e. The zero-order chi connectivity index (χ0) is 16.0. The van der Waals surface area contributed by atoms with E-state index in [1.165, 1.54) is 0 Å². The van der Waals surface area contributed by atoms with Gasteiger partial charge in [0.1, 0.15) is 11.9 Å². The highest BCUT2D eigenvalue weighted by atomic mass is 79.9. The molecule has 1 aromatic rings. The molecule has 0 aliphatic rings. The van der Waals surface area contributed by atoms with Gasteiger partial charge in [0, 0.05) is 13.2 Å². The van der Waals surface area contributed by atoms with Crippen molar-refractivity contribution in [2.45, 2.75) is 60.5 Å². The second-order valence-electron chi connectivity index (χ2n) is 6.17. The average Bonchev–Trinajstić information content (AvgIpc) is 2.42. The Labute approximate surface area is 137 Å². The van der Waals surface area contributed by atoms with E-state index in [2.05, 4.69) is 55.9 Å². The first kappa shape index (κ1) is 18.4. The summed E-state index contributed by atoms with van der Waals surface area (Å²) in [7, 11) is 0. The minimum atomic E-state index is -0.108. The first-order valence-electron chi connectivity index (χ1n) is 7.76. The van der Waals surface area contributed by atoms with Gasteiger partial charge < -0.3 is 10.1 Å². The molecule has 4 nitrogen and oxygen atoms in total. The number of ether oxygens (including phenoxy) is 1. The van der Waals surface area contributed by atoms with E-state index < -0.39 is 0 Å². The summed E-state index contributed by atoms with van der Waals surface area (Å²) in [4.78, 5) is 9.43. The van der Waals surface area contributed by atoms with Crippen LogP contribution in [0.5, 0.6) is 0 Å². The third-order valence-electron chi connectivity index (χ3n) is 3.17. The Bertz CT molecular complexity index is 458. The van der Waals surface area contributed by atoms with E-state index >= 15 is 0 Å². The number of aryl methyl sites for hydroxylation is 1. The molecule has 0 aromatic carbocycles. The molecule has 0 spiro atoms. The standard InChI is InChI=1S/C16H28BrN3O/c1-7-10-18-14-12(17)11(8-2)19-15(20-14)13(21-9-3)16(4,5)6/h13H,7-10H2,1-6H3,(H,18,19,20). The molecule has 0 saturated carbocycles. The molecule has 1 N–H and O–H groups in total. The Balaban J connectivity index is 3.26. The fraction of sp³-hybridized carbons (Fsp3) is 0.750. The topological polar surface area (TPSA) is 47.0 Å². The van der Waals surface area contributed by atoms with Crippen LogP contribution in [0.15, 0.2) is 4.47 Å². The fourth-order valence-electron chi connectivity index (χ4n) is 2.10. The molecule has 21 heavy (non-hydrogen) atoms. The zero-order valence-corrected chi connectivity index (χ0v) is 15.7. The van der Waals surface area contributed by atoms with Crippen LogP contribution in [0, 0.1) is 5.41 Å². The van der Waals surface area contributed by atoms with Crippen molar-refractivity contribution in [1.82, 2.24) is 9.97 Å². The van der Waals surface area contributed by atoms with Crippen LogP contribution in [0.1, 0.15) is 65.6 Å². The number of nitrogens with one attached hydrogen (secondary N) is 1. The van der Waals surface area contributed by atoms with Gasteiger partial charge in [0.05, 0.1) is 10.2 Å². The molecule has 1 unspecified atom stereocenters. The third-order valence-corrected chi connectivity index (χ3v) is 4.00. The summed E-state index contributed by atoms with van der Waals surface area (Å²) < 4.78 is 6.89. The number of halogens is 1. The number of anilines is 1. The van der Waals surface area contributed by atoms with Crippen molar-refractivity contribution in [1.29, 1.82) is 0 Å². The molecule has 1 aromatic heterocycles. The number of aromatic nitrogens is 2. The molecule has 0 aliphatic heterocycles. The zero-order valence-electron chi connectivity index (χ0n) is 14.1. The van der Waals surface area contributed by atoms with Crippen molar-refractivity contribution in [2.75, 3.05) is 18.5 Å². The monoisotopic (exact) mass is 357 g/mol. The van der Waals surface area contributed by atoms with Crippen LogP contribution in [-0.4, -0.2) is 23.1 Å². The van der Waals surface area contributed by atoms with Gasteiger partial charge in [-0.3, -0.25) is 0 Å². The summed E-state index contributed by atoms with van der Waals surface area (Å²) in [6, 6.07) is 0. The van der Waals surface area contributed by atoms with Crippen molar-refractivity contribution >= 4 is 21.7 Å². The van der Waals surface area contributed by atoms with Crippen LogP contribution in [0.4, 0.5) is 5.82 Å². The van der Waals surface area contributed by atoms with Crippen LogP contribution >= 0.6 is 15.9 Å². The number of hydrogen-bond acceptors (Lipinski definition) is 4. The normalized spacial score (nSPS) is 13.3. The molecule has 0 aliphatic carbocycles. The van der Waals surface area contributed by atoms with Crippen molar-refractivity contribution in [2.24, 2.45) is 5.41 Å². The highest BCUT2D eigenvalue weighted by molar-refractivity contribution is 9.10. The maximum atomic E-state index is 5.92. The van der Waals surface area contributed by atoms with E-state index in [0.717, 1.165) is 41.2 Å². The summed E-state index contributed by atoms with van der Waals surface area (Å²) in [6.07, 6.45) is 1.81. The second-order valence-corrected chi connectivity index (χ2v) is 6.97. The van der Waals surface area contributed by atoms with Gasteiger partial charge in [-0.15, -0.1) is 0 Å². The number of nitrogens with zero attached hydrogens (tertiary/aromatic N) is 2. The van der Waals surface area contributed by atoms with Crippen LogP contribution in [0.25, 0.3) is 0 Å². The van der Waals surface area contributed by atoms with Crippen molar-refractivity contribution in [3.8, 4) is 0 Å². The van der Waals surface area contributed by atoms with Crippen molar-refractivity contribution in [3.63, 3.8) is 0 Å². The SMILES string of the molecule is CCCNc1nc(C(OCC)C(C)(C)C)nc(CC)c1Br. The molecule has 0 saturated heterocycles. The summed E-state index contributed by atoms with van der Waals surface area (Å²) in [5.41, 5.74) is 0.976. The minimum absolute atomic E-state index is 0.0448. The van der Waals surface area contributed by atoms with Gasteiger partial charge in [0.2, 0.25) is 0 Å². The number of rotatable bonds is 7. The summed E-state index contributed by atoms with van der Waals surface area (Å²) in [5.74, 6) is 1.63. The summed E-state index contributed by atoms with van der Waals surface area (Å²) >= 11 is 3.62. The predicted molar refractivity (Wildman–Crippen MR) is 91.7 cm³/mol. The van der Waals surface area contributed by atoms with Crippen LogP contribution in [-0.2, 0) is 11.2 Å². The van der Waals surface area contributed by atoms with Gasteiger partial charge in [-0.2, -0.15) is 0 Å². The molecule has 1 rings (SSSR count). The van der Waals surface area contributed by atoms with Gasteiger partial charge >= 0.3 is 0 Å². The lowest BCUT2D eigenvalue weighted by Crippen LogP contribution is -2.24. The van der Waals surface area contributed by atoms with E-state index in [4.69, 9.17) is 14.7 Å². The molecule has 0 fully saturated rings. The maximum absolute atomic E-state index is 5.92. The Morgan fingerprint density at radius 3 is 2.33 bits per heavy atom. The fourth-order valence-corrected chi connectivity index (χ4v) is 2.70. The summed E-state index contributed by atoms with van der Waals surface area (Å²) in [6.45, 7) is 14.3. The lowest BCUT2D eigenvalue weighted by Gasteiger charge is -2.29. The smallest absolute Gasteiger partial charge is 0.160 e. The van der Waals surface area contributed by atoms with Gasteiger partial charge in [-0.05, 0) is 41.1 Å². The number of hydrogen-bond donors (Lipinski definition) is 1. The second kappa shape index (κ2) is 8.08.